The summed E-state index contributed by atoms with van der Waals surface area (Å²) in [5, 5.41) is 9.26. The zero-order valence-electron chi connectivity index (χ0n) is 8.00. The van der Waals surface area contributed by atoms with Crippen LogP contribution in [0.2, 0.25) is 0 Å². The number of hydrogen-bond acceptors (Lipinski definition) is 5. The molecule has 0 bridgehead atoms. The molecule has 0 unspecified atom stereocenters. The Morgan fingerprint density at radius 2 is 2.14 bits per heavy atom. The molecule has 82 valence electrons. The summed E-state index contributed by atoms with van der Waals surface area (Å²) in [6.45, 7) is -0.0431. The predicted octanol–water partition coefficient (Wildman–Crippen LogP) is -1.45. The van der Waals surface area contributed by atoms with Gasteiger partial charge in [-0.15, -0.1) is 0 Å². The molecule has 1 saturated heterocycles. The molecule has 2 atom stereocenters. The van der Waals surface area contributed by atoms with Gasteiger partial charge < -0.3 is 9.84 Å². The monoisotopic (exact) mass is 223 g/mol. The smallest absolute Gasteiger partial charge is 0.324 e. The lowest BCUT2D eigenvalue weighted by atomic mass is 10.2. The molecule has 7 heteroatoms. The molecule has 0 amide bonds. The van der Waals surface area contributed by atoms with Crippen LogP contribution in [0, 0.1) is 0 Å². The van der Waals surface area contributed by atoms with Crippen LogP contribution in [-0.2, 0) is 19.6 Å². The molecular formula is C7H13NO5S. The Morgan fingerprint density at radius 1 is 1.57 bits per heavy atom. The van der Waals surface area contributed by atoms with E-state index in [1.54, 1.807) is 0 Å². The van der Waals surface area contributed by atoms with Gasteiger partial charge in [-0.3, -0.25) is 4.79 Å². The number of hydrogen-bond donors (Lipinski definition) is 1. The molecule has 0 aromatic heterocycles. The third-order valence-electron chi connectivity index (χ3n) is 2.13. The van der Waals surface area contributed by atoms with Crippen LogP contribution in [0.3, 0.4) is 0 Å². The van der Waals surface area contributed by atoms with Gasteiger partial charge in [0.05, 0.1) is 19.5 Å². The van der Waals surface area contributed by atoms with Gasteiger partial charge in [0.15, 0.2) is 0 Å². The summed E-state index contributed by atoms with van der Waals surface area (Å²) in [5.41, 5.74) is 0. The standard InChI is InChI=1S/C7H13NO5S/c1-13-7(10)6-3-5(9)4-8(6)14(2,11)12/h5-6,9H,3-4H2,1-2H3/t5-,6+/m1/s1. The van der Waals surface area contributed by atoms with Gasteiger partial charge in [0.2, 0.25) is 10.0 Å². The molecule has 1 aliphatic rings. The molecule has 6 nitrogen and oxygen atoms in total. The number of aliphatic hydroxyl groups is 1. The van der Waals surface area contributed by atoms with Crippen LogP contribution in [0.15, 0.2) is 0 Å². The first kappa shape index (κ1) is 11.4. The summed E-state index contributed by atoms with van der Waals surface area (Å²) in [4.78, 5) is 11.2. The van der Waals surface area contributed by atoms with Crippen LogP contribution in [-0.4, -0.2) is 55.9 Å². The summed E-state index contributed by atoms with van der Waals surface area (Å²) in [5.74, 6) is -0.632. The van der Waals surface area contributed by atoms with Crippen molar-refractivity contribution in [1.29, 1.82) is 0 Å². The Balaban J connectivity index is 2.89. The quantitative estimate of drug-likeness (QED) is 0.579. The third kappa shape index (κ3) is 2.23. The molecular weight excluding hydrogens is 210 g/mol. The van der Waals surface area contributed by atoms with Crippen molar-refractivity contribution in [1.82, 2.24) is 4.31 Å². The largest absolute Gasteiger partial charge is 0.468 e. The van der Waals surface area contributed by atoms with Crippen molar-refractivity contribution in [2.45, 2.75) is 18.6 Å². The maximum absolute atomic E-state index is 11.2. The highest BCUT2D eigenvalue weighted by Crippen LogP contribution is 2.21. The lowest BCUT2D eigenvalue weighted by molar-refractivity contribution is -0.144. The Morgan fingerprint density at radius 3 is 2.57 bits per heavy atom. The molecule has 1 rings (SSSR count). The number of β-amino-alcohol motifs (C(OH)–C–C–N with tert-alkyl or cyclic N) is 1. The minimum absolute atomic E-state index is 0.0431. The van der Waals surface area contributed by atoms with Gasteiger partial charge in [-0.05, 0) is 0 Å². The second-order valence-corrected chi connectivity index (χ2v) is 5.20. The molecule has 14 heavy (non-hydrogen) atoms. The second kappa shape index (κ2) is 3.84. The molecule has 1 aliphatic heterocycles. The number of sulfonamides is 1. The number of nitrogens with zero attached hydrogens (tertiary/aromatic N) is 1. The highest BCUT2D eigenvalue weighted by Gasteiger charge is 2.41. The van der Waals surface area contributed by atoms with E-state index >= 15 is 0 Å². The molecule has 0 aromatic carbocycles. The third-order valence-corrected chi connectivity index (χ3v) is 3.39. The lowest BCUT2D eigenvalue weighted by Gasteiger charge is -2.18. The van der Waals surface area contributed by atoms with E-state index in [2.05, 4.69) is 4.74 Å². The molecule has 0 aliphatic carbocycles. The topological polar surface area (TPSA) is 83.9 Å². The number of rotatable bonds is 2. The van der Waals surface area contributed by atoms with Gasteiger partial charge in [-0.2, -0.15) is 4.31 Å². The summed E-state index contributed by atoms with van der Waals surface area (Å²) in [6.07, 6.45) is 0.301. The molecule has 1 N–H and O–H groups in total. The Labute approximate surface area is 82.5 Å². The van der Waals surface area contributed by atoms with E-state index in [1.807, 2.05) is 0 Å². The number of methoxy groups -OCH3 is 1. The van der Waals surface area contributed by atoms with Crippen LogP contribution >= 0.6 is 0 Å². The van der Waals surface area contributed by atoms with Crippen molar-refractivity contribution in [2.24, 2.45) is 0 Å². The molecule has 0 radical (unpaired) electrons. The lowest BCUT2D eigenvalue weighted by Crippen LogP contribution is -2.40. The van der Waals surface area contributed by atoms with Gasteiger partial charge in [0, 0.05) is 13.0 Å². The number of carbonyl (C=O) groups is 1. The van der Waals surface area contributed by atoms with Crippen LogP contribution < -0.4 is 0 Å². The minimum Gasteiger partial charge on any atom is -0.468 e. The second-order valence-electron chi connectivity index (χ2n) is 3.26. The Kier molecular flexibility index (Phi) is 3.13. The van der Waals surface area contributed by atoms with E-state index in [9.17, 15) is 18.3 Å². The van der Waals surface area contributed by atoms with Crippen molar-refractivity contribution < 1.29 is 23.1 Å². The summed E-state index contributed by atoms with van der Waals surface area (Å²) in [6, 6.07) is -0.884. The fourth-order valence-corrected chi connectivity index (χ4v) is 2.58. The highest BCUT2D eigenvalue weighted by atomic mass is 32.2. The van der Waals surface area contributed by atoms with Gasteiger partial charge in [-0.25, -0.2) is 8.42 Å². The molecule has 1 fully saturated rings. The van der Waals surface area contributed by atoms with Crippen LogP contribution in [0.1, 0.15) is 6.42 Å². The summed E-state index contributed by atoms with van der Waals surface area (Å²) >= 11 is 0. The van der Waals surface area contributed by atoms with Crippen molar-refractivity contribution in [3.63, 3.8) is 0 Å². The first-order chi connectivity index (χ1) is 6.36. The van der Waals surface area contributed by atoms with Crippen LogP contribution in [0.4, 0.5) is 0 Å². The average Bonchev–Trinajstić information content (AvgIpc) is 2.45. The zero-order valence-corrected chi connectivity index (χ0v) is 8.82. The number of carbonyl (C=O) groups excluding carboxylic acids is 1. The highest BCUT2D eigenvalue weighted by molar-refractivity contribution is 7.88. The zero-order chi connectivity index (χ0) is 10.9. The number of esters is 1. The fourth-order valence-electron chi connectivity index (χ4n) is 1.50. The summed E-state index contributed by atoms with van der Waals surface area (Å²) in [7, 11) is -2.28. The summed E-state index contributed by atoms with van der Waals surface area (Å²) < 4.78 is 27.8. The van der Waals surface area contributed by atoms with Crippen LogP contribution in [0.25, 0.3) is 0 Å². The van der Waals surface area contributed by atoms with Crippen molar-refractivity contribution in [3.8, 4) is 0 Å². The fraction of sp³-hybridized carbons (Fsp3) is 0.857. The maximum Gasteiger partial charge on any atom is 0.324 e. The maximum atomic E-state index is 11.2. The van der Waals surface area contributed by atoms with E-state index in [0.717, 1.165) is 10.6 Å². The van der Waals surface area contributed by atoms with Crippen molar-refractivity contribution >= 4 is 16.0 Å². The molecule has 0 saturated carbocycles. The van der Waals surface area contributed by atoms with E-state index in [4.69, 9.17) is 0 Å². The van der Waals surface area contributed by atoms with Crippen LogP contribution in [0.5, 0.6) is 0 Å². The Hall–Kier alpha value is -0.660. The van der Waals surface area contributed by atoms with E-state index < -0.39 is 28.1 Å². The van der Waals surface area contributed by atoms with E-state index in [1.165, 1.54) is 7.11 Å². The SMILES string of the molecule is COC(=O)[C@@H]1C[C@@H](O)CN1S(C)(=O)=O. The first-order valence-electron chi connectivity index (χ1n) is 4.09. The van der Waals surface area contributed by atoms with Gasteiger partial charge >= 0.3 is 5.97 Å². The average molecular weight is 223 g/mol. The first-order valence-corrected chi connectivity index (χ1v) is 5.94. The number of aliphatic hydroxyl groups excluding tert-OH is 1. The van der Waals surface area contributed by atoms with E-state index in [0.29, 0.717) is 0 Å². The normalized spacial score (nSPS) is 29.1. The molecule has 0 spiro atoms. The van der Waals surface area contributed by atoms with Gasteiger partial charge in [0.25, 0.3) is 0 Å². The van der Waals surface area contributed by atoms with Gasteiger partial charge in [0.1, 0.15) is 6.04 Å². The van der Waals surface area contributed by atoms with Crippen molar-refractivity contribution in [3.05, 3.63) is 0 Å². The minimum atomic E-state index is -3.47. The molecule has 1 heterocycles. The predicted molar refractivity (Wildman–Crippen MR) is 48.0 cm³/mol. The van der Waals surface area contributed by atoms with Crippen molar-refractivity contribution in [2.75, 3.05) is 19.9 Å². The Bertz CT molecular complexity index is 325. The molecule has 0 aromatic rings. The van der Waals surface area contributed by atoms with Gasteiger partial charge in [-0.1, -0.05) is 0 Å². The van der Waals surface area contributed by atoms with E-state index in [-0.39, 0.29) is 13.0 Å². The number of ether oxygens (including phenoxy) is 1.